The van der Waals surface area contributed by atoms with Gasteiger partial charge in [0, 0.05) is 4.90 Å². The van der Waals surface area contributed by atoms with Crippen LogP contribution < -0.4 is 10.1 Å². The number of rotatable bonds is 6. The second-order valence-electron chi connectivity index (χ2n) is 5.58. The molecule has 0 fully saturated rings. The summed E-state index contributed by atoms with van der Waals surface area (Å²) in [6, 6.07) is 16.0. The van der Waals surface area contributed by atoms with E-state index < -0.39 is 0 Å². The highest BCUT2D eigenvalue weighted by Crippen LogP contribution is 2.24. The van der Waals surface area contributed by atoms with Crippen LogP contribution in [-0.2, 0) is 4.79 Å². The topological polar surface area (TPSA) is 38.3 Å². The van der Waals surface area contributed by atoms with Crippen molar-refractivity contribution in [2.24, 2.45) is 0 Å². The molecular weight excluding hydrogens is 306 g/mol. The largest absolute Gasteiger partial charge is 0.497 e. The molecule has 1 amide bonds. The van der Waals surface area contributed by atoms with Gasteiger partial charge >= 0.3 is 0 Å². The molecule has 2 atom stereocenters. The second-order valence-corrected chi connectivity index (χ2v) is 6.99. The van der Waals surface area contributed by atoms with E-state index >= 15 is 0 Å². The summed E-state index contributed by atoms with van der Waals surface area (Å²) in [7, 11) is 1.64. The van der Waals surface area contributed by atoms with Gasteiger partial charge in [-0.2, -0.15) is 0 Å². The van der Waals surface area contributed by atoms with Crippen LogP contribution in [0.4, 0.5) is 0 Å². The van der Waals surface area contributed by atoms with Gasteiger partial charge in [0.2, 0.25) is 5.91 Å². The Labute approximate surface area is 142 Å². The van der Waals surface area contributed by atoms with E-state index in [1.165, 1.54) is 5.56 Å². The zero-order chi connectivity index (χ0) is 16.8. The van der Waals surface area contributed by atoms with E-state index in [9.17, 15) is 4.79 Å². The fourth-order valence-corrected chi connectivity index (χ4v) is 3.06. The Bertz CT molecular complexity index is 637. The first-order valence-corrected chi connectivity index (χ1v) is 8.55. The summed E-state index contributed by atoms with van der Waals surface area (Å²) in [6.07, 6.45) is 0. The average Bonchev–Trinajstić information content (AvgIpc) is 2.56. The Morgan fingerprint density at radius 1 is 1.04 bits per heavy atom. The Hall–Kier alpha value is -1.94. The number of nitrogens with one attached hydrogen (secondary N) is 1. The lowest BCUT2D eigenvalue weighted by molar-refractivity contribution is -0.120. The number of aryl methyl sites for hydroxylation is 1. The molecule has 0 bridgehead atoms. The number of carbonyl (C=O) groups excluding carboxylic acids is 1. The fourth-order valence-electron chi connectivity index (χ4n) is 2.18. The van der Waals surface area contributed by atoms with Crippen molar-refractivity contribution in [3.05, 3.63) is 59.7 Å². The van der Waals surface area contributed by atoms with Crippen molar-refractivity contribution in [1.29, 1.82) is 0 Å². The van der Waals surface area contributed by atoms with Gasteiger partial charge in [0.15, 0.2) is 0 Å². The van der Waals surface area contributed by atoms with Crippen molar-refractivity contribution >= 4 is 17.7 Å². The van der Waals surface area contributed by atoms with Gasteiger partial charge in [-0.1, -0.05) is 29.8 Å². The van der Waals surface area contributed by atoms with Gasteiger partial charge in [0.05, 0.1) is 18.4 Å². The minimum atomic E-state index is -0.140. The molecule has 3 nitrogen and oxygen atoms in total. The number of carbonyl (C=O) groups is 1. The van der Waals surface area contributed by atoms with Crippen LogP contribution in [0.5, 0.6) is 5.75 Å². The third-order valence-corrected chi connectivity index (χ3v) is 4.79. The third kappa shape index (κ3) is 5.03. The quantitative estimate of drug-likeness (QED) is 0.800. The van der Waals surface area contributed by atoms with Gasteiger partial charge in [-0.3, -0.25) is 4.79 Å². The number of thioether (sulfide) groups is 1. The third-order valence-electron chi connectivity index (χ3n) is 3.68. The second kappa shape index (κ2) is 8.06. The Morgan fingerprint density at radius 3 is 2.22 bits per heavy atom. The summed E-state index contributed by atoms with van der Waals surface area (Å²) in [5, 5.41) is 2.92. The SMILES string of the molecule is COc1ccc([C@H](C)NC(=O)[C@@H](C)Sc2ccc(C)cc2)cc1. The molecule has 23 heavy (non-hydrogen) atoms. The normalized spacial score (nSPS) is 13.2. The first kappa shape index (κ1) is 17.4. The molecule has 0 aliphatic carbocycles. The molecule has 0 radical (unpaired) electrons. The van der Waals surface area contributed by atoms with Crippen LogP contribution in [0.2, 0.25) is 0 Å². The van der Waals surface area contributed by atoms with Crippen LogP contribution in [0.1, 0.15) is 31.0 Å². The molecule has 0 spiro atoms. The fraction of sp³-hybridized carbons (Fsp3) is 0.316. The molecule has 0 saturated heterocycles. The van der Waals surface area contributed by atoms with E-state index in [1.54, 1.807) is 18.9 Å². The Morgan fingerprint density at radius 2 is 1.65 bits per heavy atom. The highest BCUT2D eigenvalue weighted by molar-refractivity contribution is 8.00. The van der Waals surface area contributed by atoms with Gasteiger partial charge in [-0.15, -0.1) is 11.8 Å². The first-order chi connectivity index (χ1) is 11.0. The molecule has 122 valence electrons. The van der Waals surface area contributed by atoms with Crippen molar-refractivity contribution in [2.45, 2.75) is 37.0 Å². The Balaban J connectivity index is 1.92. The van der Waals surface area contributed by atoms with Crippen molar-refractivity contribution in [3.63, 3.8) is 0 Å². The molecule has 0 aromatic heterocycles. The van der Waals surface area contributed by atoms with E-state index in [4.69, 9.17) is 4.74 Å². The van der Waals surface area contributed by atoms with E-state index in [1.807, 2.05) is 38.1 Å². The number of methoxy groups -OCH3 is 1. The van der Waals surface area contributed by atoms with Gasteiger partial charge in [0.25, 0.3) is 0 Å². The molecule has 1 N–H and O–H groups in total. The molecule has 4 heteroatoms. The van der Waals surface area contributed by atoms with Crippen molar-refractivity contribution in [3.8, 4) is 5.75 Å². The number of hydrogen-bond acceptors (Lipinski definition) is 3. The highest BCUT2D eigenvalue weighted by Gasteiger charge is 2.17. The zero-order valence-electron chi connectivity index (χ0n) is 14.0. The average molecular weight is 329 g/mol. The van der Waals surface area contributed by atoms with Crippen LogP contribution in [0, 0.1) is 6.92 Å². The van der Waals surface area contributed by atoms with Gasteiger partial charge in [-0.25, -0.2) is 0 Å². The summed E-state index contributed by atoms with van der Waals surface area (Å²) < 4.78 is 5.15. The van der Waals surface area contributed by atoms with E-state index in [0.29, 0.717) is 0 Å². The summed E-state index contributed by atoms with van der Waals surface area (Å²) >= 11 is 1.57. The number of ether oxygens (including phenoxy) is 1. The number of amides is 1. The summed E-state index contributed by atoms with van der Waals surface area (Å²) in [4.78, 5) is 13.5. The Kier molecular flexibility index (Phi) is 6.11. The molecule has 2 rings (SSSR count). The van der Waals surface area contributed by atoms with Gasteiger partial charge in [0.1, 0.15) is 5.75 Å². The standard InChI is InChI=1S/C19H23NO2S/c1-13-5-11-18(12-6-13)23-15(3)19(21)20-14(2)16-7-9-17(22-4)10-8-16/h5-12,14-15H,1-4H3,(H,20,21)/t14-,15+/m0/s1. The summed E-state index contributed by atoms with van der Waals surface area (Å²) in [5.41, 5.74) is 2.28. The molecule has 0 aliphatic rings. The first-order valence-electron chi connectivity index (χ1n) is 7.67. The molecule has 2 aromatic carbocycles. The highest BCUT2D eigenvalue weighted by atomic mass is 32.2. The maximum Gasteiger partial charge on any atom is 0.233 e. The van der Waals surface area contributed by atoms with Crippen LogP contribution in [0.25, 0.3) is 0 Å². The smallest absolute Gasteiger partial charge is 0.233 e. The maximum absolute atomic E-state index is 12.4. The molecular formula is C19H23NO2S. The van der Waals surface area contributed by atoms with E-state index in [0.717, 1.165) is 16.2 Å². The van der Waals surface area contributed by atoms with Crippen LogP contribution in [0.3, 0.4) is 0 Å². The van der Waals surface area contributed by atoms with Crippen LogP contribution in [-0.4, -0.2) is 18.3 Å². The van der Waals surface area contributed by atoms with Gasteiger partial charge < -0.3 is 10.1 Å². The number of benzene rings is 2. The maximum atomic E-state index is 12.4. The molecule has 0 heterocycles. The minimum Gasteiger partial charge on any atom is -0.497 e. The summed E-state index contributed by atoms with van der Waals surface area (Å²) in [5.74, 6) is 0.856. The van der Waals surface area contributed by atoms with E-state index in [-0.39, 0.29) is 17.2 Å². The van der Waals surface area contributed by atoms with Crippen LogP contribution in [0.15, 0.2) is 53.4 Å². The lowest BCUT2D eigenvalue weighted by atomic mass is 10.1. The lowest BCUT2D eigenvalue weighted by Crippen LogP contribution is -2.33. The monoisotopic (exact) mass is 329 g/mol. The van der Waals surface area contributed by atoms with Crippen molar-refractivity contribution < 1.29 is 9.53 Å². The van der Waals surface area contributed by atoms with Crippen molar-refractivity contribution in [2.75, 3.05) is 7.11 Å². The van der Waals surface area contributed by atoms with Crippen LogP contribution >= 0.6 is 11.8 Å². The molecule has 0 aliphatic heterocycles. The minimum absolute atomic E-state index is 0.0329. The van der Waals surface area contributed by atoms with Crippen molar-refractivity contribution in [1.82, 2.24) is 5.32 Å². The lowest BCUT2D eigenvalue weighted by Gasteiger charge is -2.18. The van der Waals surface area contributed by atoms with Gasteiger partial charge in [-0.05, 0) is 50.6 Å². The summed E-state index contributed by atoms with van der Waals surface area (Å²) in [6.45, 7) is 5.98. The predicted octanol–water partition coefficient (Wildman–Crippen LogP) is 4.36. The van der Waals surface area contributed by atoms with E-state index in [2.05, 4.69) is 36.5 Å². The zero-order valence-corrected chi connectivity index (χ0v) is 14.8. The predicted molar refractivity (Wildman–Crippen MR) is 96.0 cm³/mol. The molecule has 0 saturated carbocycles. The molecule has 0 unspecified atom stereocenters. The number of hydrogen-bond donors (Lipinski definition) is 1. The molecule has 2 aromatic rings.